The monoisotopic (exact) mass is 326 g/mol. The molecule has 0 saturated carbocycles. The first-order valence-corrected chi connectivity index (χ1v) is 8.66. The smallest absolute Gasteiger partial charge is 0.220 e. The summed E-state index contributed by atoms with van der Waals surface area (Å²) in [4.78, 5) is 16.5. The van der Waals surface area contributed by atoms with E-state index in [2.05, 4.69) is 42.2 Å². The fourth-order valence-corrected chi connectivity index (χ4v) is 3.44. The number of carbonyl (C=O) groups excluding carboxylic acids is 1. The summed E-state index contributed by atoms with van der Waals surface area (Å²) in [7, 11) is 0. The van der Waals surface area contributed by atoms with E-state index in [0.717, 1.165) is 38.4 Å². The van der Waals surface area contributed by atoms with E-state index < -0.39 is 0 Å². The third-order valence-electron chi connectivity index (χ3n) is 4.82. The van der Waals surface area contributed by atoms with E-state index in [-0.39, 0.29) is 11.9 Å². The molecule has 1 aromatic carbocycles. The molecule has 5 heteroatoms. The van der Waals surface area contributed by atoms with Crippen LogP contribution in [0.1, 0.15) is 36.7 Å². The maximum Gasteiger partial charge on any atom is 0.220 e. The number of amides is 1. The standard InChI is InChI=1S/C19H26N4O/c1-4-22-13-18(15(2)20-22)12-21-10-11-23(16(3)24)19(14-21)17-8-6-5-7-9-17/h5-9,13,19H,4,10-12,14H2,1-3H3/t19-/m0/s1. The lowest BCUT2D eigenvalue weighted by Crippen LogP contribution is -2.49. The second-order valence-electron chi connectivity index (χ2n) is 6.47. The van der Waals surface area contributed by atoms with E-state index >= 15 is 0 Å². The molecule has 1 atom stereocenters. The predicted molar refractivity (Wildman–Crippen MR) is 94.5 cm³/mol. The van der Waals surface area contributed by atoms with Gasteiger partial charge in [0.2, 0.25) is 5.91 Å². The van der Waals surface area contributed by atoms with Gasteiger partial charge in [-0.2, -0.15) is 5.10 Å². The van der Waals surface area contributed by atoms with E-state index in [1.165, 1.54) is 11.1 Å². The average Bonchev–Trinajstić information content (AvgIpc) is 2.95. The molecule has 2 heterocycles. The van der Waals surface area contributed by atoms with Crippen molar-refractivity contribution < 1.29 is 4.79 Å². The number of rotatable bonds is 4. The first-order chi connectivity index (χ1) is 11.6. The number of benzene rings is 1. The van der Waals surface area contributed by atoms with Gasteiger partial charge in [0.1, 0.15) is 0 Å². The molecule has 0 spiro atoms. The maximum atomic E-state index is 12.0. The molecule has 128 valence electrons. The van der Waals surface area contributed by atoms with Crippen molar-refractivity contribution in [1.29, 1.82) is 0 Å². The molecule has 0 radical (unpaired) electrons. The summed E-state index contributed by atoms with van der Waals surface area (Å²) in [6, 6.07) is 10.5. The van der Waals surface area contributed by atoms with Gasteiger partial charge < -0.3 is 4.90 Å². The Morgan fingerprint density at radius 3 is 2.62 bits per heavy atom. The molecular formula is C19H26N4O. The first kappa shape index (κ1) is 16.7. The van der Waals surface area contributed by atoms with Gasteiger partial charge in [-0.1, -0.05) is 30.3 Å². The average molecular weight is 326 g/mol. The molecule has 0 unspecified atom stereocenters. The Bertz CT molecular complexity index is 695. The predicted octanol–water partition coefficient (Wildman–Crippen LogP) is 2.62. The summed E-state index contributed by atoms with van der Waals surface area (Å²) >= 11 is 0. The van der Waals surface area contributed by atoms with Crippen molar-refractivity contribution in [2.75, 3.05) is 19.6 Å². The number of hydrogen-bond acceptors (Lipinski definition) is 3. The highest BCUT2D eigenvalue weighted by Crippen LogP contribution is 2.26. The lowest BCUT2D eigenvalue weighted by molar-refractivity contribution is -0.134. The van der Waals surface area contributed by atoms with E-state index in [1.807, 2.05) is 27.8 Å². The van der Waals surface area contributed by atoms with Crippen molar-refractivity contribution in [2.45, 2.75) is 39.9 Å². The molecule has 1 aliphatic rings. The highest BCUT2D eigenvalue weighted by Gasteiger charge is 2.30. The minimum Gasteiger partial charge on any atom is -0.333 e. The topological polar surface area (TPSA) is 41.4 Å². The maximum absolute atomic E-state index is 12.0. The van der Waals surface area contributed by atoms with Crippen molar-refractivity contribution in [3.8, 4) is 0 Å². The van der Waals surface area contributed by atoms with E-state index in [1.54, 1.807) is 6.92 Å². The van der Waals surface area contributed by atoms with Crippen LogP contribution in [-0.4, -0.2) is 45.1 Å². The van der Waals surface area contributed by atoms with E-state index in [9.17, 15) is 4.79 Å². The number of aryl methyl sites for hydroxylation is 2. The Morgan fingerprint density at radius 2 is 2.00 bits per heavy atom. The molecule has 0 bridgehead atoms. The summed E-state index contributed by atoms with van der Waals surface area (Å²) in [5.74, 6) is 0.151. The van der Waals surface area contributed by atoms with Gasteiger partial charge in [0.25, 0.3) is 0 Å². The van der Waals surface area contributed by atoms with Gasteiger partial charge in [-0.15, -0.1) is 0 Å². The number of carbonyl (C=O) groups is 1. The van der Waals surface area contributed by atoms with Crippen molar-refractivity contribution in [1.82, 2.24) is 19.6 Å². The van der Waals surface area contributed by atoms with Gasteiger partial charge in [0, 0.05) is 51.4 Å². The van der Waals surface area contributed by atoms with Crippen LogP contribution >= 0.6 is 0 Å². The number of hydrogen-bond donors (Lipinski definition) is 0. The lowest BCUT2D eigenvalue weighted by Gasteiger charge is -2.41. The molecule has 0 aliphatic carbocycles. The molecular weight excluding hydrogens is 300 g/mol. The zero-order valence-electron chi connectivity index (χ0n) is 14.8. The summed E-state index contributed by atoms with van der Waals surface area (Å²) in [5.41, 5.74) is 3.58. The van der Waals surface area contributed by atoms with Crippen LogP contribution in [0, 0.1) is 6.92 Å². The van der Waals surface area contributed by atoms with Gasteiger partial charge in [-0.25, -0.2) is 0 Å². The van der Waals surface area contributed by atoms with E-state index in [0.29, 0.717) is 0 Å². The fourth-order valence-electron chi connectivity index (χ4n) is 3.44. The Hall–Kier alpha value is -2.14. The molecule has 1 amide bonds. The van der Waals surface area contributed by atoms with Crippen LogP contribution in [0.2, 0.25) is 0 Å². The normalized spacial score (nSPS) is 18.8. The van der Waals surface area contributed by atoms with Gasteiger partial charge in [0.05, 0.1) is 11.7 Å². The molecule has 1 aromatic heterocycles. The molecule has 1 saturated heterocycles. The Kier molecular flexibility index (Phi) is 5.00. The Balaban J connectivity index is 1.77. The molecule has 0 N–H and O–H groups in total. The summed E-state index contributed by atoms with van der Waals surface area (Å²) in [6.07, 6.45) is 2.14. The van der Waals surface area contributed by atoms with E-state index in [4.69, 9.17) is 0 Å². The molecule has 1 fully saturated rings. The summed E-state index contributed by atoms with van der Waals surface area (Å²) < 4.78 is 1.99. The minimum atomic E-state index is 0.124. The zero-order chi connectivity index (χ0) is 17.1. The van der Waals surface area contributed by atoms with Crippen LogP contribution in [0.25, 0.3) is 0 Å². The molecule has 5 nitrogen and oxygen atoms in total. The van der Waals surface area contributed by atoms with Crippen molar-refractivity contribution in [3.63, 3.8) is 0 Å². The minimum absolute atomic E-state index is 0.124. The third kappa shape index (κ3) is 3.51. The fraction of sp³-hybridized carbons (Fsp3) is 0.474. The lowest BCUT2D eigenvalue weighted by atomic mass is 10.0. The molecule has 24 heavy (non-hydrogen) atoms. The zero-order valence-corrected chi connectivity index (χ0v) is 14.8. The van der Waals surface area contributed by atoms with Crippen LogP contribution < -0.4 is 0 Å². The molecule has 1 aliphatic heterocycles. The largest absolute Gasteiger partial charge is 0.333 e. The Labute approximate surface area is 143 Å². The number of piperazine rings is 1. The van der Waals surface area contributed by atoms with Gasteiger partial charge >= 0.3 is 0 Å². The van der Waals surface area contributed by atoms with Crippen LogP contribution in [0.4, 0.5) is 0 Å². The summed E-state index contributed by atoms with van der Waals surface area (Å²) in [6.45, 7) is 10.2. The molecule has 3 rings (SSSR count). The van der Waals surface area contributed by atoms with Gasteiger partial charge in [-0.3, -0.25) is 14.4 Å². The van der Waals surface area contributed by atoms with Crippen LogP contribution in [0.15, 0.2) is 36.5 Å². The second-order valence-corrected chi connectivity index (χ2v) is 6.47. The van der Waals surface area contributed by atoms with Crippen LogP contribution in [0.3, 0.4) is 0 Å². The Morgan fingerprint density at radius 1 is 1.25 bits per heavy atom. The highest BCUT2D eigenvalue weighted by molar-refractivity contribution is 5.74. The first-order valence-electron chi connectivity index (χ1n) is 8.66. The molecule has 2 aromatic rings. The van der Waals surface area contributed by atoms with Crippen molar-refractivity contribution in [2.24, 2.45) is 0 Å². The SMILES string of the molecule is CCn1cc(CN2CCN(C(C)=O)[C@H](c3ccccc3)C2)c(C)n1. The summed E-state index contributed by atoms with van der Waals surface area (Å²) in [5, 5.41) is 4.54. The third-order valence-corrected chi connectivity index (χ3v) is 4.82. The van der Waals surface area contributed by atoms with Crippen molar-refractivity contribution >= 4 is 5.91 Å². The second kappa shape index (κ2) is 7.18. The number of nitrogens with zero attached hydrogens (tertiary/aromatic N) is 4. The van der Waals surface area contributed by atoms with Crippen LogP contribution in [-0.2, 0) is 17.9 Å². The number of aromatic nitrogens is 2. The van der Waals surface area contributed by atoms with Gasteiger partial charge in [0.15, 0.2) is 0 Å². The highest BCUT2D eigenvalue weighted by atomic mass is 16.2. The van der Waals surface area contributed by atoms with Gasteiger partial charge in [-0.05, 0) is 19.4 Å². The van der Waals surface area contributed by atoms with Crippen molar-refractivity contribution in [3.05, 3.63) is 53.3 Å². The van der Waals surface area contributed by atoms with Crippen LogP contribution in [0.5, 0.6) is 0 Å². The quantitative estimate of drug-likeness (QED) is 0.867.